The van der Waals surface area contributed by atoms with Gasteiger partial charge in [-0.1, -0.05) is 41.9 Å². The van der Waals surface area contributed by atoms with Crippen LogP contribution in [0.1, 0.15) is 38.3 Å². The third-order valence-electron chi connectivity index (χ3n) is 4.29. The Balaban J connectivity index is 1.86. The Morgan fingerprint density at radius 3 is 2.52 bits per heavy atom. The summed E-state index contributed by atoms with van der Waals surface area (Å²) in [6, 6.07) is 13.2. The van der Waals surface area contributed by atoms with Crippen molar-refractivity contribution in [3.63, 3.8) is 0 Å². The standard InChI is InChI=1S/C21H24ClN3O2/c1-21(2,3)24-20(27)23-17-11-15-9-10-19(26)25(18(15)12-16(17)22)13-14-7-5-4-6-8-14/h4-8,11-12H,9-10,13H2,1-3H3,(H2,23,24,27). The van der Waals surface area contributed by atoms with E-state index in [0.717, 1.165) is 16.8 Å². The molecule has 1 heterocycles. The average Bonchev–Trinajstić information content (AvgIpc) is 2.58. The maximum Gasteiger partial charge on any atom is 0.319 e. The van der Waals surface area contributed by atoms with Gasteiger partial charge < -0.3 is 15.5 Å². The summed E-state index contributed by atoms with van der Waals surface area (Å²) < 4.78 is 0. The molecule has 2 N–H and O–H groups in total. The summed E-state index contributed by atoms with van der Waals surface area (Å²) in [7, 11) is 0. The van der Waals surface area contributed by atoms with Crippen LogP contribution in [0.4, 0.5) is 16.2 Å². The quantitative estimate of drug-likeness (QED) is 0.801. The molecule has 0 atom stereocenters. The topological polar surface area (TPSA) is 61.4 Å². The van der Waals surface area contributed by atoms with Gasteiger partial charge in [0.1, 0.15) is 0 Å². The van der Waals surface area contributed by atoms with Crippen LogP contribution in [0.25, 0.3) is 0 Å². The highest BCUT2D eigenvalue weighted by molar-refractivity contribution is 6.34. The molecule has 2 aromatic carbocycles. The van der Waals surface area contributed by atoms with Crippen molar-refractivity contribution in [2.24, 2.45) is 0 Å². The van der Waals surface area contributed by atoms with E-state index in [1.165, 1.54) is 0 Å². The van der Waals surface area contributed by atoms with E-state index in [4.69, 9.17) is 11.6 Å². The van der Waals surface area contributed by atoms with Crippen molar-refractivity contribution in [1.82, 2.24) is 5.32 Å². The molecule has 3 amide bonds. The lowest BCUT2D eigenvalue weighted by molar-refractivity contribution is -0.119. The van der Waals surface area contributed by atoms with Gasteiger partial charge >= 0.3 is 6.03 Å². The van der Waals surface area contributed by atoms with Gasteiger partial charge in [0.25, 0.3) is 0 Å². The molecule has 0 saturated heterocycles. The maximum atomic E-state index is 12.5. The summed E-state index contributed by atoms with van der Waals surface area (Å²) in [5.74, 6) is 0.0774. The van der Waals surface area contributed by atoms with Crippen LogP contribution < -0.4 is 15.5 Å². The minimum Gasteiger partial charge on any atom is -0.333 e. The summed E-state index contributed by atoms with van der Waals surface area (Å²) in [5, 5.41) is 6.07. The van der Waals surface area contributed by atoms with Gasteiger partial charge in [-0.3, -0.25) is 4.79 Å². The first kappa shape index (κ1) is 19.2. The van der Waals surface area contributed by atoms with Crippen molar-refractivity contribution in [1.29, 1.82) is 0 Å². The van der Waals surface area contributed by atoms with E-state index in [9.17, 15) is 9.59 Å². The third kappa shape index (κ3) is 4.80. The van der Waals surface area contributed by atoms with Gasteiger partial charge in [-0.05, 0) is 50.5 Å². The van der Waals surface area contributed by atoms with E-state index >= 15 is 0 Å². The Labute approximate surface area is 164 Å². The first-order valence-electron chi connectivity index (χ1n) is 8.99. The second-order valence-corrected chi connectivity index (χ2v) is 8.16. The van der Waals surface area contributed by atoms with E-state index in [2.05, 4.69) is 10.6 Å². The summed E-state index contributed by atoms with van der Waals surface area (Å²) in [5.41, 5.74) is 3.07. The van der Waals surface area contributed by atoms with E-state index in [1.807, 2.05) is 57.2 Å². The fraction of sp³-hybridized carbons (Fsp3) is 0.333. The van der Waals surface area contributed by atoms with Crippen molar-refractivity contribution in [2.45, 2.75) is 45.7 Å². The third-order valence-corrected chi connectivity index (χ3v) is 4.60. The fourth-order valence-corrected chi connectivity index (χ4v) is 3.30. The number of halogens is 1. The van der Waals surface area contributed by atoms with Gasteiger partial charge in [-0.15, -0.1) is 0 Å². The number of fused-ring (bicyclic) bond motifs is 1. The number of hydrogen-bond acceptors (Lipinski definition) is 2. The number of benzene rings is 2. The van der Waals surface area contributed by atoms with Crippen LogP contribution in [0.2, 0.25) is 5.02 Å². The Bertz CT molecular complexity index is 860. The van der Waals surface area contributed by atoms with Gasteiger partial charge in [0, 0.05) is 17.6 Å². The Hall–Kier alpha value is -2.53. The Kier molecular flexibility index (Phi) is 5.42. The van der Waals surface area contributed by atoms with Crippen molar-refractivity contribution < 1.29 is 9.59 Å². The maximum absolute atomic E-state index is 12.5. The van der Waals surface area contributed by atoms with Gasteiger partial charge in [-0.2, -0.15) is 0 Å². The largest absolute Gasteiger partial charge is 0.333 e. The number of hydrogen-bond donors (Lipinski definition) is 2. The Morgan fingerprint density at radius 2 is 1.85 bits per heavy atom. The normalized spacial score (nSPS) is 13.9. The summed E-state index contributed by atoms with van der Waals surface area (Å²) in [4.78, 5) is 26.4. The minimum atomic E-state index is -0.344. The molecular weight excluding hydrogens is 362 g/mol. The van der Waals surface area contributed by atoms with Crippen LogP contribution in [0, 0.1) is 0 Å². The molecule has 5 nitrogen and oxygen atoms in total. The zero-order valence-corrected chi connectivity index (χ0v) is 16.6. The smallest absolute Gasteiger partial charge is 0.319 e. The van der Waals surface area contributed by atoms with E-state index < -0.39 is 0 Å². The number of anilines is 2. The second-order valence-electron chi connectivity index (χ2n) is 7.76. The lowest BCUT2D eigenvalue weighted by Crippen LogP contribution is -2.43. The number of urea groups is 1. The highest BCUT2D eigenvalue weighted by atomic mass is 35.5. The average molecular weight is 386 g/mol. The molecule has 1 aliphatic heterocycles. The summed E-state index contributed by atoms with van der Waals surface area (Å²) >= 11 is 6.41. The van der Waals surface area contributed by atoms with Crippen molar-refractivity contribution in [3.05, 3.63) is 58.6 Å². The van der Waals surface area contributed by atoms with Crippen molar-refractivity contribution >= 4 is 34.9 Å². The first-order chi connectivity index (χ1) is 12.7. The van der Waals surface area contributed by atoms with E-state index in [0.29, 0.717) is 30.1 Å². The fourth-order valence-electron chi connectivity index (χ4n) is 3.10. The first-order valence-corrected chi connectivity index (χ1v) is 9.36. The van der Waals surface area contributed by atoms with Gasteiger partial charge in [-0.25, -0.2) is 4.79 Å². The van der Waals surface area contributed by atoms with Gasteiger partial charge in [0.05, 0.1) is 17.3 Å². The van der Waals surface area contributed by atoms with E-state index in [-0.39, 0.29) is 17.5 Å². The highest BCUT2D eigenvalue weighted by Gasteiger charge is 2.26. The number of amides is 3. The molecule has 1 aliphatic rings. The molecule has 27 heavy (non-hydrogen) atoms. The lowest BCUT2D eigenvalue weighted by atomic mass is 9.99. The van der Waals surface area contributed by atoms with Gasteiger partial charge in [0.15, 0.2) is 0 Å². The second kappa shape index (κ2) is 7.61. The number of rotatable bonds is 3. The summed E-state index contributed by atoms with van der Waals surface area (Å²) in [6.45, 7) is 6.23. The zero-order chi connectivity index (χ0) is 19.6. The molecule has 0 fully saturated rings. The molecule has 0 bridgehead atoms. The van der Waals surface area contributed by atoms with E-state index in [1.54, 1.807) is 11.0 Å². The lowest BCUT2D eigenvalue weighted by Gasteiger charge is -2.30. The molecule has 0 unspecified atom stereocenters. The number of carbonyl (C=O) groups excluding carboxylic acids is 2. The predicted octanol–water partition coefficient (Wildman–Crippen LogP) is 4.74. The number of nitrogens with one attached hydrogen (secondary N) is 2. The van der Waals surface area contributed by atoms with Crippen LogP contribution in [-0.4, -0.2) is 17.5 Å². The zero-order valence-electron chi connectivity index (χ0n) is 15.8. The molecule has 142 valence electrons. The van der Waals surface area contributed by atoms with Crippen LogP contribution >= 0.6 is 11.6 Å². The predicted molar refractivity (Wildman–Crippen MR) is 109 cm³/mol. The minimum absolute atomic E-state index is 0.0774. The van der Waals surface area contributed by atoms with Crippen molar-refractivity contribution in [2.75, 3.05) is 10.2 Å². The number of nitrogens with zero attached hydrogens (tertiary/aromatic N) is 1. The SMILES string of the molecule is CC(C)(C)NC(=O)Nc1cc2c(cc1Cl)N(Cc1ccccc1)C(=O)CC2. The molecule has 3 rings (SSSR count). The van der Waals surface area contributed by atoms with Crippen LogP contribution in [0.15, 0.2) is 42.5 Å². The number of aryl methyl sites for hydroxylation is 1. The molecule has 6 heteroatoms. The molecule has 0 aliphatic carbocycles. The van der Waals surface area contributed by atoms with Crippen LogP contribution in [-0.2, 0) is 17.8 Å². The molecule has 2 aromatic rings. The van der Waals surface area contributed by atoms with Crippen LogP contribution in [0.3, 0.4) is 0 Å². The molecule has 0 aromatic heterocycles. The van der Waals surface area contributed by atoms with Crippen molar-refractivity contribution in [3.8, 4) is 0 Å². The van der Waals surface area contributed by atoms with Gasteiger partial charge in [0.2, 0.25) is 5.91 Å². The number of carbonyl (C=O) groups is 2. The Morgan fingerprint density at radius 1 is 1.15 bits per heavy atom. The molecular formula is C21H24ClN3O2. The monoisotopic (exact) mass is 385 g/mol. The molecule has 0 spiro atoms. The summed E-state index contributed by atoms with van der Waals surface area (Å²) in [6.07, 6.45) is 1.07. The molecule has 0 saturated carbocycles. The van der Waals surface area contributed by atoms with Crippen LogP contribution in [0.5, 0.6) is 0 Å². The highest BCUT2D eigenvalue weighted by Crippen LogP contribution is 2.36. The molecule has 0 radical (unpaired) electrons.